The first kappa shape index (κ1) is 8.55. The second-order valence-corrected chi connectivity index (χ2v) is 4.06. The van der Waals surface area contributed by atoms with Crippen molar-refractivity contribution in [2.45, 2.75) is 39.2 Å². The summed E-state index contributed by atoms with van der Waals surface area (Å²) in [5.41, 5.74) is -0.802. The molecule has 2 nitrogen and oxygen atoms in total. The zero-order chi connectivity index (χ0) is 8.70. The highest BCUT2D eigenvalue weighted by atomic mass is 16.3. The highest BCUT2D eigenvalue weighted by Crippen LogP contribution is 2.55. The van der Waals surface area contributed by atoms with E-state index in [1.807, 2.05) is 6.92 Å². The Morgan fingerprint density at radius 2 is 2.09 bits per heavy atom. The Kier molecular flexibility index (Phi) is 1.72. The van der Waals surface area contributed by atoms with E-state index in [0.717, 1.165) is 12.8 Å². The summed E-state index contributed by atoms with van der Waals surface area (Å²) in [5, 5.41) is 18.6. The predicted molar refractivity (Wildman–Crippen MR) is 42.7 cm³/mol. The highest BCUT2D eigenvalue weighted by Gasteiger charge is 2.54. The second-order valence-electron chi connectivity index (χ2n) is 4.06. The molecule has 0 heterocycles. The smallest absolute Gasteiger partial charge is 0.0827 e. The van der Waals surface area contributed by atoms with Crippen LogP contribution in [0.25, 0.3) is 0 Å². The number of nitrogens with zero attached hydrogens (tertiary/aromatic N) is 1. The third-order valence-corrected chi connectivity index (χ3v) is 3.26. The molecule has 0 saturated heterocycles. The average molecular weight is 153 g/mol. The lowest BCUT2D eigenvalue weighted by Gasteiger charge is -2.32. The van der Waals surface area contributed by atoms with Gasteiger partial charge in [0.2, 0.25) is 0 Å². The van der Waals surface area contributed by atoms with Gasteiger partial charge in [0.25, 0.3) is 0 Å². The molecule has 1 rings (SSSR count). The van der Waals surface area contributed by atoms with Gasteiger partial charge in [-0.25, -0.2) is 0 Å². The molecule has 2 unspecified atom stereocenters. The van der Waals surface area contributed by atoms with Gasteiger partial charge >= 0.3 is 0 Å². The highest BCUT2D eigenvalue weighted by molar-refractivity contribution is 5.09. The average Bonchev–Trinajstić information content (AvgIpc) is 2.67. The van der Waals surface area contributed by atoms with E-state index < -0.39 is 5.60 Å². The summed E-state index contributed by atoms with van der Waals surface area (Å²) < 4.78 is 0. The Balaban J connectivity index is 2.75. The molecular formula is C9H15NO. The summed E-state index contributed by atoms with van der Waals surface area (Å²) in [4.78, 5) is 0. The molecule has 0 bridgehead atoms. The van der Waals surface area contributed by atoms with E-state index in [1.54, 1.807) is 13.8 Å². The summed E-state index contributed by atoms with van der Waals surface area (Å²) in [6.07, 6.45) is 2.10. The van der Waals surface area contributed by atoms with Crippen molar-refractivity contribution in [2.75, 3.05) is 0 Å². The number of aliphatic hydroxyl groups is 1. The van der Waals surface area contributed by atoms with Crippen LogP contribution in [0, 0.1) is 22.7 Å². The van der Waals surface area contributed by atoms with E-state index in [9.17, 15) is 5.11 Å². The quantitative estimate of drug-likeness (QED) is 0.656. The third kappa shape index (κ3) is 1.14. The van der Waals surface area contributed by atoms with Crippen molar-refractivity contribution < 1.29 is 5.11 Å². The molecule has 0 spiro atoms. The molecule has 0 aliphatic heterocycles. The van der Waals surface area contributed by atoms with Gasteiger partial charge in [-0.15, -0.1) is 0 Å². The lowest BCUT2D eigenvalue weighted by Crippen LogP contribution is -2.40. The fourth-order valence-corrected chi connectivity index (χ4v) is 1.34. The van der Waals surface area contributed by atoms with Crippen LogP contribution in [0.1, 0.15) is 33.6 Å². The minimum atomic E-state index is -0.804. The SMILES string of the molecule is CC(C#N)C(C)(O)C1(C)CC1. The van der Waals surface area contributed by atoms with Gasteiger partial charge in [-0.05, 0) is 32.1 Å². The molecule has 0 aromatic carbocycles. The van der Waals surface area contributed by atoms with E-state index in [2.05, 4.69) is 6.07 Å². The largest absolute Gasteiger partial charge is 0.388 e. The minimum Gasteiger partial charge on any atom is -0.388 e. The maximum Gasteiger partial charge on any atom is 0.0827 e. The van der Waals surface area contributed by atoms with Crippen LogP contribution in [0.4, 0.5) is 0 Å². The van der Waals surface area contributed by atoms with Crippen molar-refractivity contribution in [3.8, 4) is 6.07 Å². The zero-order valence-corrected chi connectivity index (χ0v) is 7.39. The van der Waals surface area contributed by atoms with Gasteiger partial charge in [0, 0.05) is 0 Å². The van der Waals surface area contributed by atoms with Crippen molar-refractivity contribution in [3.05, 3.63) is 0 Å². The van der Waals surface area contributed by atoms with Gasteiger partial charge in [0.1, 0.15) is 0 Å². The first-order chi connectivity index (χ1) is 4.94. The van der Waals surface area contributed by atoms with Crippen LogP contribution in [-0.4, -0.2) is 10.7 Å². The molecule has 62 valence electrons. The Morgan fingerprint density at radius 1 is 1.64 bits per heavy atom. The minimum absolute atomic E-state index is 0.00213. The molecule has 0 radical (unpaired) electrons. The normalized spacial score (nSPS) is 28.3. The maximum atomic E-state index is 9.96. The predicted octanol–water partition coefficient (Wildman–Crippen LogP) is 1.70. The Labute approximate surface area is 67.8 Å². The number of nitriles is 1. The van der Waals surface area contributed by atoms with Crippen LogP contribution >= 0.6 is 0 Å². The van der Waals surface area contributed by atoms with Gasteiger partial charge in [-0.1, -0.05) is 6.92 Å². The maximum absolute atomic E-state index is 9.96. The van der Waals surface area contributed by atoms with E-state index in [4.69, 9.17) is 5.26 Å². The van der Waals surface area contributed by atoms with Crippen molar-refractivity contribution >= 4 is 0 Å². The molecule has 0 aromatic heterocycles. The summed E-state index contributed by atoms with van der Waals surface area (Å²) in [5.74, 6) is -0.269. The van der Waals surface area contributed by atoms with E-state index in [-0.39, 0.29) is 11.3 Å². The summed E-state index contributed by atoms with van der Waals surface area (Å²) in [7, 11) is 0. The van der Waals surface area contributed by atoms with E-state index >= 15 is 0 Å². The standard InChI is InChI=1S/C9H15NO/c1-7(6-10)9(3,11)8(2)4-5-8/h7,11H,4-5H2,1-3H3. The molecule has 11 heavy (non-hydrogen) atoms. The van der Waals surface area contributed by atoms with Gasteiger partial charge in [0.05, 0.1) is 17.6 Å². The molecule has 2 heteroatoms. The topological polar surface area (TPSA) is 44.0 Å². The molecule has 2 atom stereocenters. The van der Waals surface area contributed by atoms with Crippen molar-refractivity contribution in [2.24, 2.45) is 11.3 Å². The fourth-order valence-electron chi connectivity index (χ4n) is 1.34. The van der Waals surface area contributed by atoms with Crippen LogP contribution in [0.2, 0.25) is 0 Å². The van der Waals surface area contributed by atoms with Gasteiger partial charge in [-0.2, -0.15) is 5.26 Å². The number of rotatable bonds is 2. The summed E-state index contributed by atoms with van der Waals surface area (Å²) >= 11 is 0. The van der Waals surface area contributed by atoms with Crippen LogP contribution in [0.5, 0.6) is 0 Å². The van der Waals surface area contributed by atoms with Crippen LogP contribution in [0.3, 0.4) is 0 Å². The molecule has 1 fully saturated rings. The fraction of sp³-hybridized carbons (Fsp3) is 0.889. The van der Waals surface area contributed by atoms with E-state index in [0.29, 0.717) is 0 Å². The Hall–Kier alpha value is -0.550. The number of hydrogen-bond donors (Lipinski definition) is 1. The third-order valence-electron chi connectivity index (χ3n) is 3.26. The molecule has 1 saturated carbocycles. The van der Waals surface area contributed by atoms with Crippen LogP contribution in [0.15, 0.2) is 0 Å². The first-order valence-corrected chi connectivity index (χ1v) is 4.06. The van der Waals surface area contributed by atoms with Gasteiger partial charge in [0.15, 0.2) is 0 Å². The van der Waals surface area contributed by atoms with Crippen molar-refractivity contribution in [1.82, 2.24) is 0 Å². The van der Waals surface area contributed by atoms with Crippen molar-refractivity contribution in [3.63, 3.8) is 0 Å². The first-order valence-electron chi connectivity index (χ1n) is 4.06. The second kappa shape index (κ2) is 2.22. The lowest BCUT2D eigenvalue weighted by molar-refractivity contribution is -0.0364. The molecule has 1 aliphatic carbocycles. The summed E-state index contributed by atoms with van der Waals surface area (Å²) in [6, 6.07) is 2.10. The molecular weight excluding hydrogens is 138 g/mol. The monoisotopic (exact) mass is 153 g/mol. The van der Waals surface area contributed by atoms with Crippen LogP contribution < -0.4 is 0 Å². The van der Waals surface area contributed by atoms with Crippen LogP contribution in [-0.2, 0) is 0 Å². The van der Waals surface area contributed by atoms with Crippen molar-refractivity contribution in [1.29, 1.82) is 5.26 Å². The van der Waals surface area contributed by atoms with E-state index in [1.165, 1.54) is 0 Å². The molecule has 0 amide bonds. The Bertz CT molecular complexity index is 198. The summed E-state index contributed by atoms with van der Waals surface area (Å²) in [6.45, 7) is 5.60. The zero-order valence-electron chi connectivity index (χ0n) is 7.39. The van der Waals surface area contributed by atoms with Gasteiger partial charge in [-0.3, -0.25) is 0 Å². The van der Waals surface area contributed by atoms with Gasteiger partial charge < -0.3 is 5.11 Å². The molecule has 1 aliphatic rings. The number of hydrogen-bond acceptors (Lipinski definition) is 2. The lowest BCUT2D eigenvalue weighted by atomic mass is 9.78. The molecule has 0 aromatic rings. The molecule has 1 N–H and O–H groups in total. The Morgan fingerprint density at radius 3 is 2.36 bits per heavy atom.